The molecular weight excluding hydrogens is 280 g/mol. The molecule has 21 heavy (non-hydrogen) atoms. The maximum absolute atomic E-state index is 6.01. The van der Waals surface area contributed by atoms with Crippen LogP contribution in [0, 0.1) is 18.8 Å². The largest absolute Gasteiger partial charge is 0.325 e. The van der Waals surface area contributed by atoms with Gasteiger partial charge in [0.1, 0.15) is 5.82 Å². The topological polar surface area (TPSA) is 17.8 Å². The van der Waals surface area contributed by atoms with E-state index in [9.17, 15) is 0 Å². The molecule has 3 rings (SSSR count). The number of fused-ring (bicyclic) bond motifs is 1. The molecule has 3 heteroatoms. The van der Waals surface area contributed by atoms with Crippen molar-refractivity contribution in [2.75, 3.05) is 5.88 Å². The Morgan fingerprint density at radius 1 is 1.33 bits per heavy atom. The van der Waals surface area contributed by atoms with Gasteiger partial charge in [0, 0.05) is 18.3 Å². The van der Waals surface area contributed by atoms with E-state index in [0.29, 0.717) is 11.9 Å². The standard InChI is InChI=1S/C18H25ClN2/c1-4-14-6-8-16(13(14)3)21-17-11-12(2)5-7-15(17)20-18(21)9-10-19/h5,7,11,13-14,16H,4,6,8-10H2,1-3H3. The normalized spacial score (nSPS) is 25.8. The van der Waals surface area contributed by atoms with Crippen LogP contribution < -0.4 is 0 Å². The van der Waals surface area contributed by atoms with Crippen molar-refractivity contribution in [2.24, 2.45) is 11.8 Å². The summed E-state index contributed by atoms with van der Waals surface area (Å²) in [5, 5.41) is 0. The lowest BCUT2D eigenvalue weighted by Gasteiger charge is -2.24. The van der Waals surface area contributed by atoms with Gasteiger partial charge in [0.25, 0.3) is 0 Å². The summed E-state index contributed by atoms with van der Waals surface area (Å²) in [4.78, 5) is 4.85. The molecule has 0 spiro atoms. The molecule has 1 aliphatic rings. The van der Waals surface area contributed by atoms with Crippen LogP contribution in [0.4, 0.5) is 0 Å². The molecule has 3 unspecified atom stereocenters. The predicted molar refractivity (Wildman–Crippen MR) is 90.1 cm³/mol. The van der Waals surface area contributed by atoms with Crippen LogP contribution in [-0.2, 0) is 6.42 Å². The monoisotopic (exact) mass is 304 g/mol. The minimum absolute atomic E-state index is 0.583. The summed E-state index contributed by atoms with van der Waals surface area (Å²) in [6, 6.07) is 7.17. The second kappa shape index (κ2) is 6.00. The third kappa shape index (κ3) is 2.59. The number of alkyl halides is 1. The van der Waals surface area contributed by atoms with Gasteiger partial charge in [-0.25, -0.2) is 4.98 Å². The van der Waals surface area contributed by atoms with Crippen LogP contribution in [0.25, 0.3) is 11.0 Å². The molecule has 1 saturated carbocycles. The first kappa shape index (κ1) is 14.9. The number of rotatable bonds is 4. The van der Waals surface area contributed by atoms with E-state index in [4.69, 9.17) is 16.6 Å². The molecule has 1 fully saturated rings. The van der Waals surface area contributed by atoms with E-state index in [-0.39, 0.29) is 0 Å². The lowest BCUT2D eigenvalue weighted by molar-refractivity contribution is 0.329. The van der Waals surface area contributed by atoms with Gasteiger partial charge in [-0.1, -0.05) is 26.3 Å². The number of hydrogen-bond donors (Lipinski definition) is 0. The first-order valence-electron chi connectivity index (χ1n) is 8.19. The second-order valence-electron chi connectivity index (χ2n) is 6.50. The zero-order valence-electron chi connectivity index (χ0n) is 13.3. The molecule has 3 atom stereocenters. The van der Waals surface area contributed by atoms with E-state index < -0.39 is 0 Å². The van der Waals surface area contributed by atoms with Crippen LogP contribution in [0.2, 0.25) is 0 Å². The van der Waals surface area contributed by atoms with Gasteiger partial charge in [-0.2, -0.15) is 0 Å². The lowest BCUT2D eigenvalue weighted by Crippen LogP contribution is -2.18. The molecule has 0 saturated heterocycles. The van der Waals surface area contributed by atoms with Crippen molar-refractivity contribution in [1.29, 1.82) is 0 Å². The van der Waals surface area contributed by atoms with Crippen molar-refractivity contribution < 1.29 is 0 Å². The van der Waals surface area contributed by atoms with E-state index >= 15 is 0 Å². The van der Waals surface area contributed by atoms with Crippen LogP contribution in [-0.4, -0.2) is 15.4 Å². The van der Waals surface area contributed by atoms with Crippen LogP contribution in [0.5, 0.6) is 0 Å². The van der Waals surface area contributed by atoms with Crippen molar-refractivity contribution in [3.8, 4) is 0 Å². The molecular formula is C18H25ClN2. The third-order valence-corrected chi connectivity index (χ3v) is 5.46. The highest BCUT2D eigenvalue weighted by Gasteiger charge is 2.34. The van der Waals surface area contributed by atoms with E-state index in [1.807, 2.05) is 0 Å². The number of imidazole rings is 1. The molecule has 0 N–H and O–H groups in total. The van der Waals surface area contributed by atoms with Crippen molar-refractivity contribution in [2.45, 2.75) is 52.5 Å². The van der Waals surface area contributed by atoms with Gasteiger partial charge in [-0.05, 0) is 49.3 Å². The number of halogens is 1. The highest BCUT2D eigenvalue weighted by molar-refractivity contribution is 6.17. The summed E-state index contributed by atoms with van der Waals surface area (Å²) in [5.41, 5.74) is 3.72. The SMILES string of the molecule is CCC1CCC(n2c(CCCl)nc3ccc(C)cc32)C1C. The molecule has 1 aromatic carbocycles. The van der Waals surface area contributed by atoms with Gasteiger partial charge in [-0.15, -0.1) is 11.6 Å². The Morgan fingerprint density at radius 3 is 2.81 bits per heavy atom. The van der Waals surface area contributed by atoms with E-state index in [1.165, 1.54) is 36.2 Å². The number of aryl methyl sites for hydroxylation is 2. The number of nitrogens with zero attached hydrogens (tertiary/aromatic N) is 2. The zero-order chi connectivity index (χ0) is 15.0. The Morgan fingerprint density at radius 2 is 2.14 bits per heavy atom. The maximum Gasteiger partial charge on any atom is 0.111 e. The van der Waals surface area contributed by atoms with Gasteiger partial charge in [-0.3, -0.25) is 0 Å². The van der Waals surface area contributed by atoms with Crippen molar-refractivity contribution in [1.82, 2.24) is 9.55 Å². The summed E-state index contributed by atoms with van der Waals surface area (Å²) >= 11 is 6.01. The highest BCUT2D eigenvalue weighted by Crippen LogP contribution is 2.43. The average molecular weight is 305 g/mol. The van der Waals surface area contributed by atoms with Gasteiger partial charge >= 0.3 is 0 Å². The third-order valence-electron chi connectivity index (χ3n) is 5.28. The van der Waals surface area contributed by atoms with Crippen LogP contribution in [0.1, 0.15) is 50.5 Å². The minimum Gasteiger partial charge on any atom is -0.325 e. The Bertz CT molecular complexity index is 631. The summed E-state index contributed by atoms with van der Waals surface area (Å²) in [6.07, 6.45) is 4.76. The second-order valence-corrected chi connectivity index (χ2v) is 6.88. The average Bonchev–Trinajstić information content (AvgIpc) is 2.99. The Hall–Kier alpha value is -1.02. The van der Waals surface area contributed by atoms with Crippen molar-refractivity contribution in [3.05, 3.63) is 29.6 Å². The van der Waals surface area contributed by atoms with Gasteiger partial charge in [0.2, 0.25) is 0 Å². The fourth-order valence-corrected chi connectivity index (χ4v) is 4.22. The quantitative estimate of drug-likeness (QED) is 0.717. The van der Waals surface area contributed by atoms with Crippen LogP contribution in [0.3, 0.4) is 0 Å². The summed E-state index contributed by atoms with van der Waals surface area (Å²) in [5.74, 6) is 3.38. The van der Waals surface area contributed by atoms with Crippen molar-refractivity contribution >= 4 is 22.6 Å². The number of benzene rings is 1. The minimum atomic E-state index is 0.583. The molecule has 1 heterocycles. The molecule has 2 nitrogen and oxygen atoms in total. The van der Waals surface area contributed by atoms with Crippen LogP contribution >= 0.6 is 11.6 Å². The number of aromatic nitrogens is 2. The van der Waals surface area contributed by atoms with Crippen LogP contribution in [0.15, 0.2) is 18.2 Å². The molecule has 114 valence electrons. The first-order chi connectivity index (χ1) is 10.2. The van der Waals surface area contributed by atoms with Gasteiger partial charge in [0.05, 0.1) is 11.0 Å². The highest BCUT2D eigenvalue weighted by atomic mass is 35.5. The summed E-state index contributed by atoms with van der Waals surface area (Å²) < 4.78 is 2.50. The molecule has 2 aromatic rings. The fraction of sp³-hybridized carbons (Fsp3) is 0.611. The molecule has 1 aromatic heterocycles. The maximum atomic E-state index is 6.01. The number of hydrogen-bond acceptors (Lipinski definition) is 1. The van der Waals surface area contributed by atoms with E-state index in [1.54, 1.807) is 0 Å². The zero-order valence-corrected chi connectivity index (χ0v) is 14.0. The molecule has 0 bridgehead atoms. The molecule has 0 aliphatic heterocycles. The Labute approximate surface area is 132 Å². The van der Waals surface area contributed by atoms with Crippen molar-refractivity contribution in [3.63, 3.8) is 0 Å². The van der Waals surface area contributed by atoms with Gasteiger partial charge < -0.3 is 4.57 Å². The Balaban J connectivity index is 2.10. The molecule has 0 amide bonds. The fourth-order valence-electron chi connectivity index (χ4n) is 4.05. The predicted octanol–water partition coefficient (Wildman–Crippen LogP) is 5.12. The smallest absolute Gasteiger partial charge is 0.111 e. The lowest BCUT2D eigenvalue weighted by atomic mass is 9.93. The van der Waals surface area contributed by atoms with E-state index in [2.05, 4.69) is 43.5 Å². The first-order valence-corrected chi connectivity index (χ1v) is 8.72. The Kier molecular flexibility index (Phi) is 4.26. The van der Waals surface area contributed by atoms with Gasteiger partial charge in [0.15, 0.2) is 0 Å². The summed E-state index contributed by atoms with van der Waals surface area (Å²) in [7, 11) is 0. The summed E-state index contributed by atoms with van der Waals surface area (Å²) in [6.45, 7) is 6.89. The van der Waals surface area contributed by atoms with E-state index in [0.717, 1.165) is 23.8 Å². The molecule has 1 aliphatic carbocycles. The molecule has 0 radical (unpaired) electrons.